The van der Waals surface area contributed by atoms with E-state index in [1.807, 2.05) is 18.7 Å². The summed E-state index contributed by atoms with van der Waals surface area (Å²) in [5, 5.41) is 0.274. The highest BCUT2D eigenvalue weighted by molar-refractivity contribution is 6.33. The van der Waals surface area contributed by atoms with Crippen molar-refractivity contribution in [1.29, 1.82) is 0 Å². The molecule has 1 amide bonds. The summed E-state index contributed by atoms with van der Waals surface area (Å²) < 4.78 is 11.0. The molecule has 0 atom stereocenters. The van der Waals surface area contributed by atoms with Crippen molar-refractivity contribution in [3.05, 3.63) is 16.9 Å². The Morgan fingerprint density at radius 1 is 1.26 bits per heavy atom. The minimum absolute atomic E-state index is 0.178. The third kappa shape index (κ3) is 3.73. The number of morpholine rings is 2. The van der Waals surface area contributed by atoms with E-state index >= 15 is 0 Å². The molecular weight excluding hydrogens is 320 g/mol. The van der Waals surface area contributed by atoms with Crippen molar-refractivity contribution in [2.45, 2.75) is 19.4 Å². The Balaban J connectivity index is 1.82. The van der Waals surface area contributed by atoms with Gasteiger partial charge in [0.15, 0.2) is 5.69 Å². The average molecular weight is 341 g/mol. The molecule has 2 aliphatic heterocycles. The van der Waals surface area contributed by atoms with Gasteiger partial charge < -0.3 is 19.3 Å². The number of anilines is 1. The second-order valence-corrected chi connectivity index (χ2v) is 6.71. The number of halogens is 1. The van der Waals surface area contributed by atoms with E-state index in [-0.39, 0.29) is 22.2 Å². The fourth-order valence-corrected chi connectivity index (χ4v) is 2.93. The van der Waals surface area contributed by atoms with Gasteiger partial charge in [0.1, 0.15) is 0 Å². The van der Waals surface area contributed by atoms with Crippen molar-refractivity contribution in [1.82, 2.24) is 14.9 Å². The molecular formula is C15H21ClN4O3. The quantitative estimate of drug-likeness (QED) is 0.806. The summed E-state index contributed by atoms with van der Waals surface area (Å²) in [4.78, 5) is 25.2. The number of amides is 1. The highest BCUT2D eigenvalue weighted by Crippen LogP contribution is 2.22. The van der Waals surface area contributed by atoms with Crippen LogP contribution in [0.3, 0.4) is 0 Å². The summed E-state index contributed by atoms with van der Waals surface area (Å²) in [5.41, 5.74) is -0.110. The maximum absolute atomic E-state index is 12.8. The van der Waals surface area contributed by atoms with Crippen molar-refractivity contribution in [2.24, 2.45) is 0 Å². The van der Waals surface area contributed by atoms with Crippen LogP contribution in [0.25, 0.3) is 0 Å². The fourth-order valence-electron chi connectivity index (χ4n) is 2.76. The predicted molar refractivity (Wildman–Crippen MR) is 86.0 cm³/mol. The number of carbonyl (C=O) groups is 1. The van der Waals surface area contributed by atoms with Gasteiger partial charge in [0.2, 0.25) is 5.95 Å². The van der Waals surface area contributed by atoms with Gasteiger partial charge in [-0.25, -0.2) is 9.97 Å². The number of hydrogen-bond acceptors (Lipinski definition) is 6. The van der Waals surface area contributed by atoms with Gasteiger partial charge in [-0.1, -0.05) is 11.6 Å². The smallest absolute Gasteiger partial charge is 0.274 e. The maximum Gasteiger partial charge on any atom is 0.274 e. The fraction of sp³-hybridized carbons (Fsp3) is 0.667. The lowest BCUT2D eigenvalue weighted by molar-refractivity contribution is -0.0765. The zero-order valence-electron chi connectivity index (χ0n) is 13.4. The Labute approximate surface area is 140 Å². The molecule has 3 rings (SSSR count). The van der Waals surface area contributed by atoms with E-state index in [2.05, 4.69) is 9.97 Å². The summed E-state index contributed by atoms with van der Waals surface area (Å²) in [7, 11) is 0. The predicted octanol–water partition coefficient (Wildman–Crippen LogP) is 1.22. The maximum atomic E-state index is 12.8. The van der Waals surface area contributed by atoms with Crippen molar-refractivity contribution < 1.29 is 14.3 Å². The minimum Gasteiger partial charge on any atom is -0.378 e. The summed E-state index contributed by atoms with van der Waals surface area (Å²) in [6.07, 6.45) is 1.50. The lowest BCUT2D eigenvalue weighted by atomic mass is 10.1. The zero-order chi connectivity index (χ0) is 16.4. The average Bonchev–Trinajstić information content (AvgIpc) is 2.54. The second kappa shape index (κ2) is 6.59. The molecule has 0 aromatic carbocycles. The number of ether oxygens (including phenoxy) is 2. The van der Waals surface area contributed by atoms with E-state index in [9.17, 15) is 4.79 Å². The molecule has 0 aliphatic carbocycles. The van der Waals surface area contributed by atoms with E-state index < -0.39 is 0 Å². The van der Waals surface area contributed by atoms with Crippen LogP contribution in [0.2, 0.25) is 5.02 Å². The zero-order valence-corrected chi connectivity index (χ0v) is 14.2. The summed E-state index contributed by atoms with van der Waals surface area (Å²) >= 11 is 6.17. The Morgan fingerprint density at radius 2 is 2.00 bits per heavy atom. The molecule has 0 saturated carbocycles. The van der Waals surface area contributed by atoms with Crippen LogP contribution in [0.5, 0.6) is 0 Å². The van der Waals surface area contributed by atoms with Gasteiger partial charge in [-0.3, -0.25) is 4.79 Å². The first-order valence-electron chi connectivity index (χ1n) is 7.75. The Kier molecular flexibility index (Phi) is 4.70. The Bertz CT molecular complexity index is 590. The first-order chi connectivity index (χ1) is 11.0. The SMILES string of the molecule is CC1(C)CN(C(=O)c2nc(N3CCOCC3)ncc2Cl)CCO1. The largest absolute Gasteiger partial charge is 0.378 e. The van der Waals surface area contributed by atoms with Crippen LogP contribution in [0.15, 0.2) is 6.20 Å². The molecule has 0 N–H and O–H groups in total. The lowest BCUT2D eigenvalue weighted by Crippen LogP contribution is -2.50. The van der Waals surface area contributed by atoms with Gasteiger partial charge in [-0.05, 0) is 13.8 Å². The van der Waals surface area contributed by atoms with E-state index in [1.165, 1.54) is 6.20 Å². The standard InChI is InChI=1S/C15H21ClN4O3/c1-15(2)10-20(5-8-23-15)13(21)12-11(16)9-17-14(18-12)19-3-6-22-7-4-19/h9H,3-8,10H2,1-2H3. The summed E-state index contributed by atoms with van der Waals surface area (Å²) in [6, 6.07) is 0. The van der Waals surface area contributed by atoms with Crippen LogP contribution in [-0.4, -0.2) is 72.4 Å². The van der Waals surface area contributed by atoms with Crippen LogP contribution < -0.4 is 4.90 Å². The number of hydrogen-bond donors (Lipinski definition) is 0. The van der Waals surface area contributed by atoms with Crippen molar-refractivity contribution in [2.75, 3.05) is 50.9 Å². The molecule has 0 spiro atoms. The summed E-state index contributed by atoms with van der Waals surface area (Å²) in [6.45, 7) is 8.17. The number of rotatable bonds is 2. The lowest BCUT2D eigenvalue weighted by Gasteiger charge is -2.38. The third-order valence-electron chi connectivity index (χ3n) is 3.94. The monoisotopic (exact) mass is 340 g/mol. The number of nitrogens with zero attached hydrogens (tertiary/aromatic N) is 4. The normalized spacial score (nSPS) is 21.3. The van der Waals surface area contributed by atoms with Crippen LogP contribution >= 0.6 is 11.6 Å². The Hall–Kier alpha value is -1.44. The number of carbonyl (C=O) groups excluding carboxylic acids is 1. The molecule has 1 aromatic rings. The van der Waals surface area contributed by atoms with Gasteiger partial charge in [0.25, 0.3) is 5.91 Å². The second-order valence-electron chi connectivity index (χ2n) is 6.30. The molecule has 8 heteroatoms. The first-order valence-corrected chi connectivity index (χ1v) is 8.12. The molecule has 126 valence electrons. The van der Waals surface area contributed by atoms with Crippen LogP contribution in [-0.2, 0) is 9.47 Å². The molecule has 0 unspecified atom stereocenters. The van der Waals surface area contributed by atoms with E-state index in [0.29, 0.717) is 51.9 Å². The van der Waals surface area contributed by atoms with Gasteiger partial charge in [-0.2, -0.15) is 0 Å². The molecule has 2 fully saturated rings. The molecule has 7 nitrogen and oxygen atoms in total. The highest BCUT2D eigenvalue weighted by Gasteiger charge is 2.32. The van der Waals surface area contributed by atoms with Crippen molar-refractivity contribution in [3.8, 4) is 0 Å². The molecule has 2 saturated heterocycles. The summed E-state index contributed by atoms with van der Waals surface area (Å²) in [5.74, 6) is 0.344. The van der Waals surface area contributed by atoms with Gasteiger partial charge in [0.05, 0.1) is 36.6 Å². The van der Waals surface area contributed by atoms with E-state index in [4.69, 9.17) is 21.1 Å². The van der Waals surface area contributed by atoms with Gasteiger partial charge in [-0.15, -0.1) is 0 Å². The number of aromatic nitrogens is 2. The molecule has 23 heavy (non-hydrogen) atoms. The minimum atomic E-state index is -0.361. The first kappa shape index (κ1) is 16.4. The van der Waals surface area contributed by atoms with Gasteiger partial charge in [0, 0.05) is 26.2 Å². The van der Waals surface area contributed by atoms with E-state index in [1.54, 1.807) is 4.90 Å². The van der Waals surface area contributed by atoms with Crippen LogP contribution in [0, 0.1) is 0 Å². The van der Waals surface area contributed by atoms with Crippen molar-refractivity contribution >= 4 is 23.5 Å². The topological polar surface area (TPSA) is 67.8 Å². The highest BCUT2D eigenvalue weighted by atomic mass is 35.5. The Morgan fingerprint density at radius 3 is 2.70 bits per heavy atom. The molecule has 0 bridgehead atoms. The van der Waals surface area contributed by atoms with E-state index in [0.717, 1.165) is 0 Å². The molecule has 1 aromatic heterocycles. The molecule has 0 radical (unpaired) electrons. The third-order valence-corrected chi connectivity index (χ3v) is 4.22. The molecule has 2 aliphatic rings. The van der Waals surface area contributed by atoms with Crippen molar-refractivity contribution in [3.63, 3.8) is 0 Å². The van der Waals surface area contributed by atoms with Crippen LogP contribution in [0.4, 0.5) is 5.95 Å². The molecule has 3 heterocycles. The van der Waals surface area contributed by atoms with Gasteiger partial charge >= 0.3 is 0 Å². The van der Waals surface area contributed by atoms with Crippen LogP contribution in [0.1, 0.15) is 24.3 Å².